The number of hydrogen-bond acceptors (Lipinski definition) is 3. The van der Waals surface area contributed by atoms with E-state index in [0.717, 1.165) is 37.8 Å². The number of rotatable bonds is 6. The normalized spacial score (nSPS) is 19.2. The molecule has 1 atom stereocenters. The van der Waals surface area contributed by atoms with Crippen molar-refractivity contribution in [2.24, 2.45) is 5.92 Å². The van der Waals surface area contributed by atoms with Gasteiger partial charge in [0.05, 0.1) is 12.8 Å². The van der Waals surface area contributed by atoms with E-state index in [-0.39, 0.29) is 0 Å². The second-order valence-electron chi connectivity index (χ2n) is 4.98. The molecule has 0 amide bonds. The summed E-state index contributed by atoms with van der Waals surface area (Å²) >= 11 is 0. The van der Waals surface area contributed by atoms with Gasteiger partial charge in [0.15, 0.2) is 0 Å². The number of anilines is 1. The second-order valence-corrected chi connectivity index (χ2v) is 4.98. The Balaban J connectivity index is 1.91. The van der Waals surface area contributed by atoms with Crippen molar-refractivity contribution in [3.05, 3.63) is 24.3 Å². The summed E-state index contributed by atoms with van der Waals surface area (Å²) in [5, 5.41) is 3.52. The molecule has 0 radical (unpaired) electrons. The van der Waals surface area contributed by atoms with Crippen molar-refractivity contribution in [1.82, 2.24) is 5.32 Å². The largest absolute Gasteiger partial charge is 0.495 e. The minimum absolute atomic E-state index is 0.765. The van der Waals surface area contributed by atoms with Crippen molar-refractivity contribution < 1.29 is 4.74 Å². The minimum atomic E-state index is 0.765. The maximum atomic E-state index is 5.43. The van der Waals surface area contributed by atoms with E-state index in [2.05, 4.69) is 29.3 Å². The van der Waals surface area contributed by atoms with Crippen LogP contribution in [0.15, 0.2) is 24.3 Å². The van der Waals surface area contributed by atoms with Gasteiger partial charge in [-0.1, -0.05) is 19.1 Å². The molecular formula is C15H24N2O. The van der Waals surface area contributed by atoms with Gasteiger partial charge in [0.25, 0.3) is 0 Å². The topological polar surface area (TPSA) is 24.5 Å². The highest BCUT2D eigenvalue weighted by molar-refractivity contribution is 5.58. The van der Waals surface area contributed by atoms with E-state index in [1.807, 2.05) is 12.1 Å². The van der Waals surface area contributed by atoms with Crippen molar-refractivity contribution in [3.8, 4) is 5.75 Å². The van der Waals surface area contributed by atoms with Crippen LogP contribution >= 0.6 is 0 Å². The molecule has 0 aromatic heterocycles. The van der Waals surface area contributed by atoms with Crippen LogP contribution in [0.3, 0.4) is 0 Å². The molecule has 3 nitrogen and oxygen atoms in total. The molecule has 0 bridgehead atoms. The predicted molar refractivity (Wildman–Crippen MR) is 76.5 cm³/mol. The third-order valence-corrected chi connectivity index (χ3v) is 3.57. The molecule has 1 saturated heterocycles. The Kier molecular flexibility index (Phi) is 4.88. The molecule has 1 fully saturated rings. The van der Waals surface area contributed by atoms with E-state index in [1.165, 1.54) is 18.5 Å². The molecule has 1 heterocycles. The third kappa shape index (κ3) is 3.16. The molecular weight excluding hydrogens is 224 g/mol. The van der Waals surface area contributed by atoms with E-state index in [0.29, 0.717) is 0 Å². The zero-order chi connectivity index (χ0) is 12.8. The van der Waals surface area contributed by atoms with E-state index < -0.39 is 0 Å². The maximum Gasteiger partial charge on any atom is 0.142 e. The molecule has 1 aromatic rings. The Morgan fingerprint density at radius 2 is 2.22 bits per heavy atom. The van der Waals surface area contributed by atoms with E-state index in [1.54, 1.807) is 7.11 Å². The zero-order valence-corrected chi connectivity index (χ0v) is 11.5. The number of nitrogens with zero attached hydrogens (tertiary/aromatic N) is 1. The van der Waals surface area contributed by atoms with Crippen molar-refractivity contribution in [1.29, 1.82) is 0 Å². The molecule has 1 aliphatic heterocycles. The average Bonchev–Trinajstić information content (AvgIpc) is 2.88. The first-order chi connectivity index (χ1) is 8.85. The van der Waals surface area contributed by atoms with Crippen LogP contribution < -0.4 is 15.0 Å². The lowest BCUT2D eigenvalue weighted by Gasteiger charge is -2.21. The van der Waals surface area contributed by atoms with Crippen molar-refractivity contribution in [2.45, 2.75) is 19.8 Å². The van der Waals surface area contributed by atoms with Crippen LogP contribution in [-0.4, -0.2) is 33.3 Å². The van der Waals surface area contributed by atoms with Gasteiger partial charge >= 0.3 is 0 Å². The Labute approximate surface area is 110 Å². The maximum absolute atomic E-state index is 5.43. The van der Waals surface area contributed by atoms with Crippen LogP contribution in [-0.2, 0) is 0 Å². The highest BCUT2D eigenvalue weighted by atomic mass is 16.5. The summed E-state index contributed by atoms with van der Waals surface area (Å²) < 4.78 is 5.43. The number of para-hydroxylation sites is 2. The molecule has 1 aliphatic rings. The van der Waals surface area contributed by atoms with E-state index in [9.17, 15) is 0 Å². The number of nitrogens with one attached hydrogen (secondary N) is 1. The fraction of sp³-hybridized carbons (Fsp3) is 0.600. The Morgan fingerprint density at radius 1 is 1.39 bits per heavy atom. The molecule has 1 aromatic carbocycles. The second kappa shape index (κ2) is 6.64. The van der Waals surface area contributed by atoms with Gasteiger partial charge in [-0.3, -0.25) is 0 Å². The number of ether oxygens (including phenoxy) is 1. The van der Waals surface area contributed by atoms with Gasteiger partial charge in [-0.2, -0.15) is 0 Å². The molecule has 1 N–H and O–H groups in total. The average molecular weight is 248 g/mol. The summed E-state index contributed by atoms with van der Waals surface area (Å²) in [6.07, 6.45) is 2.48. The summed E-state index contributed by atoms with van der Waals surface area (Å²) in [4.78, 5) is 2.44. The Hall–Kier alpha value is -1.22. The highest BCUT2D eigenvalue weighted by Crippen LogP contribution is 2.31. The SMILES string of the molecule is CCCNCC1CCN(c2ccccc2OC)C1. The fourth-order valence-electron chi connectivity index (χ4n) is 2.59. The van der Waals surface area contributed by atoms with E-state index >= 15 is 0 Å². The summed E-state index contributed by atoms with van der Waals surface area (Å²) in [6, 6.07) is 8.30. The molecule has 18 heavy (non-hydrogen) atoms. The lowest BCUT2D eigenvalue weighted by Crippen LogP contribution is -2.27. The summed E-state index contributed by atoms with van der Waals surface area (Å²) in [6.45, 7) is 6.75. The predicted octanol–water partition coefficient (Wildman–Crippen LogP) is 2.52. The molecule has 1 unspecified atom stereocenters. The number of hydrogen-bond donors (Lipinski definition) is 1. The van der Waals surface area contributed by atoms with Crippen LogP contribution in [0, 0.1) is 5.92 Å². The van der Waals surface area contributed by atoms with Crippen molar-refractivity contribution in [3.63, 3.8) is 0 Å². The molecule has 0 saturated carbocycles. The summed E-state index contributed by atoms with van der Waals surface area (Å²) in [5.41, 5.74) is 1.23. The van der Waals surface area contributed by atoms with Gasteiger partial charge in [0, 0.05) is 13.1 Å². The third-order valence-electron chi connectivity index (χ3n) is 3.57. The van der Waals surface area contributed by atoms with Gasteiger partial charge in [0.2, 0.25) is 0 Å². The zero-order valence-electron chi connectivity index (χ0n) is 11.5. The lowest BCUT2D eigenvalue weighted by molar-refractivity contribution is 0.414. The standard InChI is InChI=1S/C15H24N2O/c1-3-9-16-11-13-8-10-17(12-13)14-6-4-5-7-15(14)18-2/h4-7,13,16H,3,8-12H2,1-2H3. The molecule has 0 spiro atoms. The fourth-order valence-corrected chi connectivity index (χ4v) is 2.59. The van der Waals surface area contributed by atoms with Crippen LogP contribution in [0.1, 0.15) is 19.8 Å². The van der Waals surface area contributed by atoms with Gasteiger partial charge in [-0.25, -0.2) is 0 Å². The van der Waals surface area contributed by atoms with Gasteiger partial charge < -0.3 is 15.0 Å². The van der Waals surface area contributed by atoms with Gasteiger partial charge in [-0.15, -0.1) is 0 Å². The smallest absolute Gasteiger partial charge is 0.142 e. The quantitative estimate of drug-likeness (QED) is 0.783. The van der Waals surface area contributed by atoms with Crippen molar-refractivity contribution >= 4 is 5.69 Å². The summed E-state index contributed by atoms with van der Waals surface area (Å²) in [5.74, 6) is 1.75. The molecule has 3 heteroatoms. The molecule has 2 rings (SSSR count). The van der Waals surface area contributed by atoms with Crippen LogP contribution in [0.25, 0.3) is 0 Å². The first-order valence-electron chi connectivity index (χ1n) is 6.93. The van der Waals surface area contributed by atoms with E-state index in [4.69, 9.17) is 4.74 Å². The van der Waals surface area contributed by atoms with Crippen molar-refractivity contribution in [2.75, 3.05) is 38.2 Å². The lowest BCUT2D eigenvalue weighted by atomic mass is 10.1. The van der Waals surface area contributed by atoms with Crippen LogP contribution in [0.5, 0.6) is 5.75 Å². The first-order valence-corrected chi connectivity index (χ1v) is 6.93. The molecule has 0 aliphatic carbocycles. The minimum Gasteiger partial charge on any atom is -0.495 e. The van der Waals surface area contributed by atoms with Gasteiger partial charge in [0.1, 0.15) is 5.75 Å². The molecule has 100 valence electrons. The van der Waals surface area contributed by atoms with Crippen LogP contribution in [0.2, 0.25) is 0 Å². The first kappa shape index (κ1) is 13.2. The van der Waals surface area contributed by atoms with Gasteiger partial charge in [-0.05, 0) is 44.0 Å². The number of methoxy groups -OCH3 is 1. The Bertz CT molecular complexity index is 367. The Morgan fingerprint density at radius 3 is 3.00 bits per heavy atom. The highest BCUT2D eigenvalue weighted by Gasteiger charge is 2.23. The summed E-state index contributed by atoms with van der Waals surface area (Å²) in [7, 11) is 1.75. The monoisotopic (exact) mass is 248 g/mol. The van der Waals surface area contributed by atoms with Crippen LogP contribution in [0.4, 0.5) is 5.69 Å². The number of benzene rings is 1.